The Morgan fingerprint density at radius 2 is 2.00 bits per heavy atom. The van der Waals surface area contributed by atoms with E-state index in [1.54, 1.807) is 42.8 Å². The van der Waals surface area contributed by atoms with E-state index in [1.165, 1.54) is 0 Å². The van der Waals surface area contributed by atoms with E-state index in [9.17, 15) is 9.59 Å². The number of aromatic nitrogens is 3. The number of nitrogens with zero attached hydrogens (tertiary/aromatic N) is 3. The molecule has 0 aliphatic rings. The lowest BCUT2D eigenvalue weighted by Gasteiger charge is -2.13. The molecule has 0 aliphatic carbocycles. The average molecular weight is 320 g/mol. The Bertz CT molecular complexity index is 672. The highest BCUT2D eigenvalue weighted by molar-refractivity contribution is 7.99. The van der Waals surface area contributed by atoms with E-state index in [2.05, 4.69) is 15.5 Å². The third-order valence-electron chi connectivity index (χ3n) is 2.96. The normalized spacial score (nSPS) is 11.9. The summed E-state index contributed by atoms with van der Waals surface area (Å²) in [6.07, 6.45) is 0. The largest absolute Gasteiger partial charge is 0.481 e. The maximum absolute atomic E-state index is 12.1. The highest BCUT2D eigenvalue weighted by atomic mass is 32.2. The molecule has 0 radical (unpaired) electrons. The van der Waals surface area contributed by atoms with Gasteiger partial charge in [-0.05, 0) is 19.1 Å². The summed E-state index contributed by atoms with van der Waals surface area (Å²) < 4.78 is 1.68. The second-order valence-electron chi connectivity index (χ2n) is 4.64. The van der Waals surface area contributed by atoms with E-state index >= 15 is 0 Å². The lowest BCUT2D eigenvalue weighted by molar-refractivity contribution is -0.133. The van der Waals surface area contributed by atoms with E-state index in [1.807, 2.05) is 6.07 Å². The lowest BCUT2D eigenvalue weighted by atomic mass is 10.2. The summed E-state index contributed by atoms with van der Waals surface area (Å²) in [5, 5.41) is 20.0. The Morgan fingerprint density at radius 1 is 1.32 bits per heavy atom. The van der Waals surface area contributed by atoms with Crippen LogP contribution in [-0.2, 0) is 11.8 Å². The Morgan fingerprint density at radius 3 is 2.64 bits per heavy atom. The zero-order valence-electron chi connectivity index (χ0n) is 12.2. The molecule has 22 heavy (non-hydrogen) atoms. The number of hydrogen-bond acceptors (Lipinski definition) is 5. The standard InChI is InChI=1S/C14H16N4O3S/c1-9(15-13(21)10-6-4-3-5-7-10)12-16-17-14(18(12)2)22-8-11(19)20/h3-7,9H,8H2,1-2H3,(H,15,21)(H,19,20)/t9-/m1/s1. The second-order valence-corrected chi connectivity index (χ2v) is 5.59. The number of carboxylic acids is 1. The number of thioether (sulfide) groups is 1. The molecule has 116 valence electrons. The first-order valence-corrected chi connectivity index (χ1v) is 7.57. The molecule has 7 nitrogen and oxygen atoms in total. The van der Waals surface area contributed by atoms with Crippen LogP contribution in [0.25, 0.3) is 0 Å². The smallest absolute Gasteiger partial charge is 0.313 e. The minimum absolute atomic E-state index is 0.0866. The average Bonchev–Trinajstić information content (AvgIpc) is 2.87. The van der Waals surface area contributed by atoms with E-state index < -0.39 is 5.97 Å². The third-order valence-corrected chi connectivity index (χ3v) is 3.97. The van der Waals surface area contributed by atoms with Crippen LogP contribution in [0.5, 0.6) is 0 Å². The second kappa shape index (κ2) is 7.08. The van der Waals surface area contributed by atoms with Gasteiger partial charge in [0.25, 0.3) is 5.91 Å². The zero-order valence-corrected chi connectivity index (χ0v) is 13.0. The van der Waals surface area contributed by atoms with Crippen molar-refractivity contribution < 1.29 is 14.7 Å². The summed E-state index contributed by atoms with van der Waals surface area (Å²) in [4.78, 5) is 22.7. The Balaban J connectivity index is 2.05. The van der Waals surface area contributed by atoms with Gasteiger partial charge < -0.3 is 15.0 Å². The first kappa shape index (κ1) is 16.0. The molecular weight excluding hydrogens is 304 g/mol. The van der Waals surface area contributed by atoms with Crippen LogP contribution in [0.15, 0.2) is 35.5 Å². The van der Waals surface area contributed by atoms with Crippen molar-refractivity contribution >= 4 is 23.6 Å². The molecule has 1 amide bonds. The molecule has 1 heterocycles. The number of rotatable bonds is 6. The molecule has 1 aromatic carbocycles. The van der Waals surface area contributed by atoms with Crippen LogP contribution < -0.4 is 5.32 Å². The van der Waals surface area contributed by atoms with E-state index in [0.29, 0.717) is 16.5 Å². The van der Waals surface area contributed by atoms with Crippen molar-refractivity contribution in [2.75, 3.05) is 5.75 Å². The number of hydrogen-bond donors (Lipinski definition) is 2. The molecule has 0 bridgehead atoms. The summed E-state index contributed by atoms with van der Waals surface area (Å²) in [7, 11) is 1.74. The first-order valence-electron chi connectivity index (χ1n) is 6.59. The van der Waals surface area contributed by atoms with Gasteiger partial charge >= 0.3 is 5.97 Å². The number of aliphatic carboxylic acids is 1. The molecule has 0 aliphatic heterocycles. The van der Waals surface area contributed by atoms with Crippen molar-refractivity contribution in [3.63, 3.8) is 0 Å². The molecule has 2 aromatic rings. The van der Waals surface area contributed by atoms with Crippen molar-refractivity contribution in [2.45, 2.75) is 18.1 Å². The van der Waals surface area contributed by atoms with Gasteiger partial charge in [-0.2, -0.15) is 0 Å². The fourth-order valence-electron chi connectivity index (χ4n) is 1.89. The molecule has 2 rings (SSSR count). The van der Waals surface area contributed by atoms with Gasteiger partial charge in [0.2, 0.25) is 0 Å². The minimum atomic E-state index is -0.917. The predicted octanol–water partition coefficient (Wildman–Crippen LogP) is 1.48. The number of nitrogens with one attached hydrogen (secondary N) is 1. The zero-order chi connectivity index (χ0) is 16.1. The summed E-state index contributed by atoms with van der Waals surface area (Å²) in [5.41, 5.74) is 0.567. The van der Waals surface area contributed by atoms with Gasteiger partial charge in [-0.3, -0.25) is 9.59 Å². The van der Waals surface area contributed by atoms with Crippen molar-refractivity contribution in [1.29, 1.82) is 0 Å². The maximum atomic E-state index is 12.1. The number of benzene rings is 1. The van der Waals surface area contributed by atoms with Crippen molar-refractivity contribution in [1.82, 2.24) is 20.1 Å². The van der Waals surface area contributed by atoms with Gasteiger partial charge in [-0.1, -0.05) is 30.0 Å². The molecule has 1 atom stereocenters. The summed E-state index contributed by atoms with van der Waals surface area (Å²) in [6.45, 7) is 1.80. The molecule has 8 heteroatoms. The predicted molar refractivity (Wildman–Crippen MR) is 81.7 cm³/mol. The van der Waals surface area contributed by atoms with E-state index in [4.69, 9.17) is 5.11 Å². The van der Waals surface area contributed by atoms with Crippen LogP contribution in [0.4, 0.5) is 0 Å². The molecule has 0 fully saturated rings. The Labute approximate surface area is 131 Å². The van der Waals surface area contributed by atoms with Gasteiger partial charge in [0.05, 0.1) is 11.8 Å². The third kappa shape index (κ3) is 3.85. The summed E-state index contributed by atoms with van der Waals surface area (Å²) >= 11 is 1.09. The molecular formula is C14H16N4O3S. The summed E-state index contributed by atoms with van der Waals surface area (Å²) in [5.74, 6) is -0.635. The molecule has 0 spiro atoms. The first-order chi connectivity index (χ1) is 10.5. The maximum Gasteiger partial charge on any atom is 0.313 e. The van der Waals surface area contributed by atoms with Crippen LogP contribution in [-0.4, -0.2) is 37.5 Å². The van der Waals surface area contributed by atoms with Gasteiger partial charge in [0.15, 0.2) is 11.0 Å². The van der Waals surface area contributed by atoms with Crippen LogP contribution in [0.2, 0.25) is 0 Å². The fourth-order valence-corrected chi connectivity index (χ4v) is 2.53. The van der Waals surface area contributed by atoms with Gasteiger partial charge in [-0.15, -0.1) is 10.2 Å². The molecule has 0 saturated carbocycles. The molecule has 2 N–H and O–H groups in total. The van der Waals surface area contributed by atoms with Gasteiger partial charge in [0, 0.05) is 12.6 Å². The lowest BCUT2D eigenvalue weighted by Crippen LogP contribution is -2.28. The van der Waals surface area contributed by atoms with E-state index in [0.717, 1.165) is 11.8 Å². The van der Waals surface area contributed by atoms with Gasteiger partial charge in [-0.25, -0.2) is 0 Å². The monoisotopic (exact) mass is 320 g/mol. The number of carboxylic acid groups (broad SMARTS) is 1. The molecule has 0 saturated heterocycles. The fraction of sp³-hybridized carbons (Fsp3) is 0.286. The van der Waals surface area contributed by atoms with Crippen LogP contribution in [0, 0.1) is 0 Å². The van der Waals surface area contributed by atoms with Gasteiger partial charge in [0.1, 0.15) is 0 Å². The Kier molecular flexibility index (Phi) is 5.16. The molecule has 1 aromatic heterocycles. The van der Waals surface area contributed by atoms with E-state index in [-0.39, 0.29) is 17.7 Å². The highest BCUT2D eigenvalue weighted by Crippen LogP contribution is 2.19. The quantitative estimate of drug-likeness (QED) is 0.783. The number of amides is 1. The van der Waals surface area contributed by atoms with Crippen LogP contribution >= 0.6 is 11.8 Å². The van der Waals surface area contributed by atoms with Crippen molar-refractivity contribution in [2.24, 2.45) is 7.05 Å². The Hall–Kier alpha value is -2.35. The summed E-state index contributed by atoms with van der Waals surface area (Å²) in [6, 6.07) is 8.55. The number of carbonyl (C=O) groups is 2. The molecule has 0 unspecified atom stereocenters. The van der Waals surface area contributed by atoms with Crippen LogP contribution in [0.1, 0.15) is 29.1 Å². The topological polar surface area (TPSA) is 97.1 Å². The number of carbonyl (C=O) groups excluding carboxylic acids is 1. The van der Waals surface area contributed by atoms with Crippen LogP contribution in [0.3, 0.4) is 0 Å². The SMILES string of the molecule is C[C@@H](NC(=O)c1ccccc1)c1nnc(SCC(=O)O)n1C. The highest BCUT2D eigenvalue weighted by Gasteiger charge is 2.18. The minimum Gasteiger partial charge on any atom is -0.481 e. The van der Waals surface area contributed by atoms with Crippen molar-refractivity contribution in [3.8, 4) is 0 Å². The van der Waals surface area contributed by atoms with Crippen molar-refractivity contribution in [3.05, 3.63) is 41.7 Å².